The van der Waals surface area contributed by atoms with Crippen molar-refractivity contribution < 1.29 is 14.6 Å². The van der Waals surface area contributed by atoms with Crippen LogP contribution in [0.5, 0.6) is 11.5 Å². The van der Waals surface area contributed by atoms with Gasteiger partial charge in [0.1, 0.15) is 13.2 Å². The average Bonchev–Trinajstić information content (AvgIpc) is 2.44. The van der Waals surface area contributed by atoms with Gasteiger partial charge in [-0.05, 0) is 49.6 Å². The third-order valence-electron chi connectivity index (χ3n) is 4.06. The van der Waals surface area contributed by atoms with Crippen molar-refractivity contribution in [1.82, 2.24) is 4.90 Å². The average molecular weight is 263 g/mol. The van der Waals surface area contributed by atoms with Crippen LogP contribution in [0.25, 0.3) is 0 Å². The van der Waals surface area contributed by atoms with Crippen LogP contribution in [-0.4, -0.2) is 43.4 Å². The molecule has 2 heterocycles. The molecule has 4 heteroatoms. The fourth-order valence-electron chi connectivity index (χ4n) is 3.02. The molecule has 1 atom stereocenters. The van der Waals surface area contributed by atoms with Gasteiger partial charge >= 0.3 is 0 Å². The Kier molecular flexibility index (Phi) is 3.62. The van der Waals surface area contributed by atoms with Crippen LogP contribution in [0, 0.1) is 0 Å². The van der Waals surface area contributed by atoms with E-state index in [-0.39, 0.29) is 6.61 Å². The quantitative estimate of drug-likeness (QED) is 0.902. The highest BCUT2D eigenvalue weighted by Gasteiger charge is 2.27. The fraction of sp³-hybridized carbons (Fsp3) is 0.600. The molecule has 0 amide bonds. The van der Waals surface area contributed by atoms with E-state index in [1.165, 1.54) is 11.1 Å². The highest BCUT2D eigenvalue weighted by Crippen LogP contribution is 2.40. The van der Waals surface area contributed by atoms with Crippen molar-refractivity contribution in [2.24, 2.45) is 0 Å². The Labute approximate surface area is 113 Å². The first-order valence-corrected chi connectivity index (χ1v) is 7.03. The Bertz CT molecular complexity index is 461. The first-order chi connectivity index (χ1) is 9.29. The lowest BCUT2D eigenvalue weighted by Crippen LogP contribution is -2.32. The largest absolute Gasteiger partial charge is 0.486 e. The first-order valence-electron chi connectivity index (χ1n) is 7.03. The van der Waals surface area contributed by atoms with Gasteiger partial charge in [-0.1, -0.05) is 0 Å². The molecule has 0 saturated heterocycles. The van der Waals surface area contributed by atoms with Gasteiger partial charge in [-0.3, -0.25) is 4.90 Å². The van der Waals surface area contributed by atoms with E-state index in [9.17, 15) is 0 Å². The second kappa shape index (κ2) is 5.39. The summed E-state index contributed by atoms with van der Waals surface area (Å²) >= 11 is 0. The van der Waals surface area contributed by atoms with Gasteiger partial charge < -0.3 is 14.6 Å². The standard InChI is InChI=1S/C15H21NO3/c1-16-5-4-11-9-14-15(19-8-7-18-14)10-12(11)13(16)3-2-6-17/h9-10,13,17H,2-8H2,1H3. The predicted octanol–water partition coefficient (Wildman–Crippen LogP) is 1.76. The van der Waals surface area contributed by atoms with Crippen LogP contribution < -0.4 is 9.47 Å². The van der Waals surface area contributed by atoms with Crippen LogP contribution in [0.2, 0.25) is 0 Å². The Morgan fingerprint density at radius 1 is 1.26 bits per heavy atom. The van der Waals surface area contributed by atoms with Crippen molar-refractivity contribution in [2.75, 3.05) is 33.4 Å². The van der Waals surface area contributed by atoms with Gasteiger partial charge in [-0.25, -0.2) is 0 Å². The molecule has 2 aliphatic heterocycles. The number of aliphatic hydroxyl groups is 1. The number of ether oxygens (including phenoxy) is 2. The highest BCUT2D eigenvalue weighted by atomic mass is 16.6. The highest BCUT2D eigenvalue weighted by molar-refractivity contribution is 5.50. The summed E-state index contributed by atoms with van der Waals surface area (Å²) in [6, 6.07) is 4.66. The van der Waals surface area contributed by atoms with E-state index in [1.807, 2.05) is 0 Å². The van der Waals surface area contributed by atoms with Gasteiger partial charge in [0.15, 0.2) is 11.5 Å². The number of hydrogen-bond acceptors (Lipinski definition) is 4. The van der Waals surface area contributed by atoms with Gasteiger partial charge in [-0.15, -0.1) is 0 Å². The van der Waals surface area contributed by atoms with Crippen LogP contribution in [0.1, 0.15) is 30.0 Å². The summed E-state index contributed by atoms with van der Waals surface area (Å²) in [5.41, 5.74) is 2.71. The molecular formula is C15H21NO3. The molecule has 1 unspecified atom stereocenters. The van der Waals surface area contributed by atoms with Crippen LogP contribution in [0.4, 0.5) is 0 Å². The minimum absolute atomic E-state index is 0.254. The van der Waals surface area contributed by atoms with Crippen LogP contribution in [-0.2, 0) is 6.42 Å². The molecule has 2 aliphatic rings. The number of rotatable bonds is 3. The smallest absolute Gasteiger partial charge is 0.161 e. The molecule has 0 spiro atoms. The lowest BCUT2D eigenvalue weighted by atomic mass is 9.89. The molecule has 1 aromatic carbocycles. The molecule has 104 valence electrons. The lowest BCUT2D eigenvalue weighted by molar-refractivity contribution is 0.167. The first kappa shape index (κ1) is 12.8. The van der Waals surface area contributed by atoms with E-state index in [2.05, 4.69) is 24.1 Å². The molecule has 0 saturated carbocycles. The van der Waals surface area contributed by atoms with Crippen LogP contribution in [0.3, 0.4) is 0 Å². The maximum absolute atomic E-state index is 9.06. The third kappa shape index (κ3) is 2.42. The number of fused-ring (bicyclic) bond motifs is 2. The summed E-state index contributed by atoms with van der Waals surface area (Å²) in [4.78, 5) is 2.37. The second-order valence-corrected chi connectivity index (χ2v) is 5.31. The van der Waals surface area contributed by atoms with Crippen molar-refractivity contribution in [3.8, 4) is 11.5 Å². The van der Waals surface area contributed by atoms with E-state index in [0.717, 1.165) is 37.3 Å². The van der Waals surface area contributed by atoms with Gasteiger partial charge in [-0.2, -0.15) is 0 Å². The monoisotopic (exact) mass is 263 g/mol. The molecule has 0 radical (unpaired) electrons. The summed E-state index contributed by atoms with van der Waals surface area (Å²) < 4.78 is 11.3. The molecule has 0 aliphatic carbocycles. The Hall–Kier alpha value is -1.26. The van der Waals surface area contributed by atoms with Crippen LogP contribution in [0.15, 0.2) is 12.1 Å². The van der Waals surface area contributed by atoms with Gasteiger partial charge in [0, 0.05) is 19.2 Å². The van der Waals surface area contributed by atoms with E-state index in [4.69, 9.17) is 14.6 Å². The lowest BCUT2D eigenvalue weighted by Gasteiger charge is -2.35. The molecule has 1 aromatic rings. The summed E-state index contributed by atoms with van der Waals surface area (Å²) in [6.45, 7) is 2.58. The summed E-state index contributed by atoms with van der Waals surface area (Å²) in [5, 5.41) is 9.06. The zero-order valence-electron chi connectivity index (χ0n) is 11.4. The van der Waals surface area contributed by atoms with E-state index in [0.29, 0.717) is 19.3 Å². The summed E-state index contributed by atoms with van der Waals surface area (Å²) in [7, 11) is 2.15. The zero-order chi connectivity index (χ0) is 13.2. The number of hydrogen-bond donors (Lipinski definition) is 1. The van der Waals surface area contributed by atoms with Crippen molar-refractivity contribution >= 4 is 0 Å². The third-order valence-corrected chi connectivity index (χ3v) is 4.06. The Balaban J connectivity index is 1.94. The van der Waals surface area contributed by atoms with Gasteiger partial charge in [0.2, 0.25) is 0 Å². The van der Waals surface area contributed by atoms with E-state index >= 15 is 0 Å². The van der Waals surface area contributed by atoms with Crippen molar-refractivity contribution in [2.45, 2.75) is 25.3 Å². The molecular weight excluding hydrogens is 242 g/mol. The van der Waals surface area contributed by atoms with E-state index < -0.39 is 0 Å². The van der Waals surface area contributed by atoms with E-state index in [1.54, 1.807) is 0 Å². The Morgan fingerprint density at radius 3 is 2.74 bits per heavy atom. The SMILES string of the molecule is CN1CCc2cc3c(cc2C1CCCO)OCCO3. The minimum Gasteiger partial charge on any atom is -0.486 e. The molecule has 19 heavy (non-hydrogen) atoms. The number of likely N-dealkylation sites (N-methyl/N-ethyl adjacent to an activating group) is 1. The number of aliphatic hydroxyl groups excluding tert-OH is 1. The van der Waals surface area contributed by atoms with Crippen molar-refractivity contribution in [3.63, 3.8) is 0 Å². The Morgan fingerprint density at radius 2 is 2.00 bits per heavy atom. The normalized spacial score (nSPS) is 22.1. The minimum atomic E-state index is 0.254. The summed E-state index contributed by atoms with van der Waals surface area (Å²) in [5.74, 6) is 1.75. The molecule has 0 bridgehead atoms. The molecule has 0 fully saturated rings. The zero-order valence-corrected chi connectivity index (χ0v) is 11.4. The maximum Gasteiger partial charge on any atom is 0.161 e. The maximum atomic E-state index is 9.06. The van der Waals surface area contributed by atoms with Crippen molar-refractivity contribution in [3.05, 3.63) is 23.3 Å². The predicted molar refractivity (Wildman–Crippen MR) is 72.8 cm³/mol. The number of benzene rings is 1. The molecule has 0 aromatic heterocycles. The van der Waals surface area contributed by atoms with Gasteiger partial charge in [0.25, 0.3) is 0 Å². The number of nitrogens with zero attached hydrogens (tertiary/aromatic N) is 1. The molecule has 4 nitrogen and oxygen atoms in total. The second-order valence-electron chi connectivity index (χ2n) is 5.31. The van der Waals surface area contributed by atoms with Crippen LogP contribution >= 0.6 is 0 Å². The molecule has 1 N–H and O–H groups in total. The topological polar surface area (TPSA) is 41.9 Å². The summed E-state index contributed by atoms with van der Waals surface area (Å²) in [6.07, 6.45) is 2.88. The fourth-order valence-corrected chi connectivity index (χ4v) is 3.02. The van der Waals surface area contributed by atoms with Gasteiger partial charge in [0.05, 0.1) is 0 Å². The molecule has 3 rings (SSSR count). The van der Waals surface area contributed by atoms with Crippen molar-refractivity contribution in [1.29, 1.82) is 0 Å².